The first kappa shape index (κ1) is 12.7. The zero-order chi connectivity index (χ0) is 7.28. The molecule has 0 heterocycles. The maximum absolute atomic E-state index is 10.0. The van der Waals surface area contributed by atoms with Gasteiger partial charge in [0.15, 0.2) is 0 Å². The van der Waals surface area contributed by atoms with E-state index in [2.05, 4.69) is 14.2 Å². The maximum Gasteiger partial charge on any atom is 2.00 e. The van der Waals surface area contributed by atoms with E-state index >= 15 is 0 Å². The molecule has 0 aromatic carbocycles. The summed E-state index contributed by atoms with van der Waals surface area (Å²) in [5.41, 5.74) is 0. The van der Waals surface area contributed by atoms with Gasteiger partial charge < -0.3 is 14.2 Å². The van der Waals surface area contributed by atoms with Gasteiger partial charge in [-0.05, 0) is 0 Å². The number of rotatable bonds is 0. The van der Waals surface area contributed by atoms with Crippen LogP contribution in [0.25, 0.3) is 0 Å². The molecule has 0 unspecified atom stereocenters. The van der Waals surface area contributed by atoms with Gasteiger partial charge in [0.1, 0.15) is 0 Å². The van der Waals surface area contributed by atoms with E-state index in [1.54, 1.807) is 0 Å². The van der Waals surface area contributed by atoms with Gasteiger partial charge in [0.05, 0.1) is 14.2 Å². The summed E-state index contributed by atoms with van der Waals surface area (Å²) in [6.45, 7) is 0. The minimum absolute atomic E-state index is 0. The van der Waals surface area contributed by atoms with Crippen LogP contribution in [0.2, 0.25) is 0 Å². The van der Waals surface area contributed by atoms with E-state index in [9.17, 15) is 9.59 Å². The molecule has 0 saturated carbocycles. The molecule has 0 bridgehead atoms. The summed E-state index contributed by atoms with van der Waals surface area (Å²) >= 11 is 0. The smallest absolute Gasteiger partial charge is 0.437 e. The van der Waals surface area contributed by atoms with Crippen molar-refractivity contribution in [2.75, 3.05) is 14.2 Å². The van der Waals surface area contributed by atoms with Crippen molar-refractivity contribution in [1.29, 1.82) is 0 Å². The first-order valence-corrected chi connectivity index (χ1v) is 2.04. The van der Waals surface area contributed by atoms with E-state index in [0.29, 0.717) is 0 Å². The minimum atomic E-state index is -1.08. The Hall–Kier alpha value is -0.000260. The Morgan fingerprint density at radius 1 is 1.00 bits per heavy atom. The normalized spacial score (nSPS) is 7.00. The second kappa shape index (κ2) is 7.11. The Balaban J connectivity index is 0. The van der Waals surface area contributed by atoms with Crippen LogP contribution in [0.3, 0.4) is 0 Å². The largest absolute Gasteiger partial charge is 2.00 e. The molecule has 52 valence electrons. The topological polar surface area (TPSA) is 61.8 Å². The Kier molecular flexibility index (Phi) is 9.00. The van der Waals surface area contributed by atoms with Gasteiger partial charge in [-0.15, -0.1) is 0 Å². The van der Waals surface area contributed by atoms with Crippen LogP contribution in [0.4, 0.5) is 9.59 Å². The second-order valence-corrected chi connectivity index (χ2v) is 1.01. The molecule has 0 fully saturated rings. The molecule has 0 rings (SSSR count). The number of carbonyl (C=O) groups is 2. The molecule has 0 aliphatic carbocycles. The first-order valence-electron chi connectivity index (χ1n) is 2.04. The Morgan fingerprint density at radius 2 is 1.30 bits per heavy atom. The maximum atomic E-state index is 10.0. The fourth-order valence-corrected chi connectivity index (χ4v) is 0.151. The van der Waals surface area contributed by atoms with Gasteiger partial charge in [0, 0.05) is 0 Å². The van der Waals surface area contributed by atoms with E-state index < -0.39 is 12.3 Å². The van der Waals surface area contributed by atoms with Crippen molar-refractivity contribution in [3.63, 3.8) is 0 Å². The third-order valence-electron chi connectivity index (χ3n) is 0.500. The van der Waals surface area contributed by atoms with Crippen LogP contribution in [0, 0.1) is 0 Å². The molecule has 0 spiro atoms. The summed E-state index contributed by atoms with van der Waals surface area (Å²) in [6.07, 6.45) is -2.16. The molecule has 0 N–H and O–H groups in total. The van der Waals surface area contributed by atoms with Crippen LogP contribution in [0.1, 0.15) is 0 Å². The number of ether oxygens (including phenoxy) is 3. The van der Waals surface area contributed by atoms with Gasteiger partial charge in [-0.2, -0.15) is 0 Å². The zero-order valence-corrected chi connectivity index (χ0v) is 7.96. The molecular formula is C4H6CaO5+2. The van der Waals surface area contributed by atoms with Gasteiger partial charge in [-0.1, -0.05) is 0 Å². The van der Waals surface area contributed by atoms with Crippen molar-refractivity contribution < 1.29 is 23.8 Å². The van der Waals surface area contributed by atoms with Crippen LogP contribution in [-0.4, -0.2) is 64.3 Å². The molecule has 5 nitrogen and oxygen atoms in total. The van der Waals surface area contributed by atoms with Gasteiger partial charge in [0.25, 0.3) is 0 Å². The van der Waals surface area contributed by atoms with E-state index in [1.165, 1.54) is 0 Å². The summed E-state index contributed by atoms with van der Waals surface area (Å²) < 4.78 is 11.7. The van der Waals surface area contributed by atoms with Crippen molar-refractivity contribution in [3.05, 3.63) is 0 Å². The molecule has 0 amide bonds. The average Bonchev–Trinajstić information content (AvgIpc) is 1.87. The summed E-state index contributed by atoms with van der Waals surface area (Å²) in [4.78, 5) is 20.1. The summed E-state index contributed by atoms with van der Waals surface area (Å²) in [5.74, 6) is 0. The van der Waals surface area contributed by atoms with E-state index in [-0.39, 0.29) is 37.7 Å². The van der Waals surface area contributed by atoms with Crippen molar-refractivity contribution in [2.24, 2.45) is 0 Å². The van der Waals surface area contributed by atoms with Crippen LogP contribution in [-0.2, 0) is 14.2 Å². The third kappa shape index (κ3) is 6.12. The summed E-state index contributed by atoms with van der Waals surface area (Å²) in [6, 6.07) is 0. The summed E-state index contributed by atoms with van der Waals surface area (Å²) in [5, 5.41) is 0. The molecular weight excluding hydrogens is 168 g/mol. The Morgan fingerprint density at radius 3 is 1.50 bits per heavy atom. The van der Waals surface area contributed by atoms with Gasteiger partial charge in [-0.3, -0.25) is 0 Å². The molecule has 6 heteroatoms. The molecule has 10 heavy (non-hydrogen) atoms. The monoisotopic (exact) mass is 174 g/mol. The van der Waals surface area contributed by atoms with E-state index in [1.807, 2.05) is 0 Å². The number of hydrogen-bond acceptors (Lipinski definition) is 5. The molecule has 0 aromatic heterocycles. The second-order valence-electron chi connectivity index (χ2n) is 1.01. The van der Waals surface area contributed by atoms with Crippen LogP contribution >= 0.6 is 0 Å². The minimum Gasteiger partial charge on any atom is -0.437 e. The fourth-order valence-electron chi connectivity index (χ4n) is 0.151. The Labute approximate surface area is 87.6 Å². The molecule has 0 radical (unpaired) electrons. The molecule has 0 aromatic rings. The first-order chi connectivity index (χ1) is 4.20. The summed E-state index contributed by atoms with van der Waals surface area (Å²) in [7, 11) is 2.18. The predicted octanol–water partition coefficient (Wildman–Crippen LogP) is 0.155. The van der Waals surface area contributed by atoms with Gasteiger partial charge >= 0.3 is 50.0 Å². The van der Waals surface area contributed by atoms with Crippen LogP contribution in [0.15, 0.2) is 0 Å². The number of hydrogen-bond donors (Lipinski definition) is 0. The van der Waals surface area contributed by atoms with Gasteiger partial charge in [-0.25, -0.2) is 9.59 Å². The number of methoxy groups -OCH3 is 2. The SMILES string of the molecule is COC(=O)OC(=O)OC.[Ca+2]. The van der Waals surface area contributed by atoms with Crippen LogP contribution in [0.5, 0.6) is 0 Å². The Bertz CT molecular complexity index is 109. The van der Waals surface area contributed by atoms with Crippen molar-refractivity contribution in [2.45, 2.75) is 0 Å². The predicted molar refractivity (Wildman–Crippen MR) is 31.6 cm³/mol. The van der Waals surface area contributed by atoms with Crippen molar-refractivity contribution >= 4 is 50.0 Å². The van der Waals surface area contributed by atoms with Crippen LogP contribution < -0.4 is 0 Å². The standard InChI is InChI=1S/C4H6O5.Ca/c1-7-3(5)9-4(6)8-2;/h1-2H3;/q;+2. The quantitative estimate of drug-likeness (QED) is 0.297. The molecule has 0 atom stereocenters. The van der Waals surface area contributed by atoms with Crippen molar-refractivity contribution in [1.82, 2.24) is 0 Å². The van der Waals surface area contributed by atoms with Crippen molar-refractivity contribution in [3.8, 4) is 0 Å². The third-order valence-corrected chi connectivity index (χ3v) is 0.500. The van der Waals surface area contributed by atoms with E-state index in [0.717, 1.165) is 14.2 Å². The van der Waals surface area contributed by atoms with E-state index in [4.69, 9.17) is 0 Å². The molecule has 0 aliphatic heterocycles. The fraction of sp³-hybridized carbons (Fsp3) is 0.500. The van der Waals surface area contributed by atoms with Gasteiger partial charge in [0.2, 0.25) is 0 Å². The zero-order valence-electron chi connectivity index (χ0n) is 5.75. The average molecular weight is 174 g/mol. The number of carbonyl (C=O) groups excluding carboxylic acids is 2. The molecule has 0 saturated heterocycles. The molecule has 0 aliphatic rings.